The van der Waals surface area contributed by atoms with Gasteiger partial charge in [0.05, 0.1) is 12.5 Å². The van der Waals surface area contributed by atoms with Crippen molar-refractivity contribution in [3.8, 4) is 0 Å². The molecule has 0 fully saturated rings. The summed E-state index contributed by atoms with van der Waals surface area (Å²) in [5.41, 5.74) is -1.09. The molecule has 1 heterocycles. The fourth-order valence-electron chi connectivity index (χ4n) is 1.64. The van der Waals surface area contributed by atoms with Crippen LogP contribution in [0, 0.1) is 0 Å². The summed E-state index contributed by atoms with van der Waals surface area (Å²) in [5, 5.41) is 2.25. The molecule has 1 aromatic heterocycles. The van der Waals surface area contributed by atoms with Crippen LogP contribution >= 0.6 is 0 Å². The van der Waals surface area contributed by atoms with E-state index in [1.54, 1.807) is 20.8 Å². The first-order chi connectivity index (χ1) is 10.2. The van der Waals surface area contributed by atoms with Gasteiger partial charge in [0.2, 0.25) is 20.0 Å². The molecule has 0 aromatic carbocycles. The van der Waals surface area contributed by atoms with Crippen molar-refractivity contribution in [3.63, 3.8) is 0 Å². The Hall–Kier alpha value is -1.88. The Balaban J connectivity index is 3.32. The number of nitrogens with zero attached hydrogens (tertiary/aromatic N) is 2. The Morgan fingerprint density at radius 3 is 2.13 bits per heavy atom. The van der Waals surface area contributed by atoms with Gasteiger partial charge >= 0.3 is 6.09 Å². The maximum absolute atomic E-state index is 11.8. The highest BCUT2D eigenvalue weighted by Gasteiger charge is 2.30. The Morgan fingerprint density at radius 2 is 1.70 bits per heavy atom. The fraction of sp³-hybridized carbons (Fsp3) is 0.500. The van der Waals surface area contributed by atoms with E-state index < -0.39 is 31.7 Å². The predicted molar refractivity (Wildman–Crippen MR) is 86.3 cm³/mol. The van der Waals surface area contributed by atoms with Crippen molar-refractivity contribution in [2.45, 2.75) is 26.4 Å². The number of anilines is 2. The second kappa shape index (κ2) is 6.32. The van der Waals surface area contributed by atoms with Gasteiger partial charge in [-0.2, -0.15) is 3.71 Å². The minimum atomic E-state index is -4.16. The lowest BCUT2D eigenvalue weighted by molar-refractivity contribution is 0.0635. The lowest BCUT2D eigenvalue weighted by Gasteiger charge is -2.23. The van der Waals surface area contributed by atoms with Gasteiger partial charge < -0.3 is 4.74 Å². The van der Waals surface area contributed by atoms with Crippen LogP contribution in [0.5, 0.6) is 0 Å². The molecule has 23 heavy (non-hydrogen) atoms. The number of amides is 1. The van der Waals surface area contributed by atoms with Crippen molar-refractivity contribution in [1.82, 2.24) is 4.98 Å². The van der Waals surface area contributed by atoms with E-state index in [1.165, 1.54) is 18.3 Å². The third-order valence-electron chi connectivity index (χ3n) is 2.20. The number of carbonyl (C=O) groups excluding carboxylic acids is 1. The van der Waals surface area contributed by atoms with Crippen molar-refractivity contribution >= 4 is 37.6 Å². The van der Waals surface area contributed by atoms with Gasteiger partial charge in [-0.1, -0.05) is 0 Å². The number of carbonyl (C=O) groups is 1. The van der Waals surface area contributed by atoms with Gasteiger partial charge in [0.25, 0.3) is 0 Å². The van der Waals surface area contributed by atoms with Crippen molar-refractivity contribution in [2.24, 2.45) is 0 Å². The van der Waals surface area contributed by atoms with E-state index in [2.05, 4.69) is 10.3 Å². The topological polar surface area (TPSA) is 123 Å². The number of rotatable bonds is 4. The number of pyridine rings is 1. The van der Waals surface area contributed by atoms with Crippen molar-refractivity contribution in [2.75, 3.05) is 21.5 Å². The van der Waals surface area contributed by atoms with E-state index in [1.807, 2.05) is 0 Å². The summed E-state index contributed by atoms with van der Waals surface area (Å²) in [7, 11) is -8.31. The third kappa shape index (κ3) is 5.67. The number of hydrogen-bond donors (Lipinski definition) is 1. The molecule has 0 aliphatic rings. The number of aromatic nitrogens is 1. The van der Waals surface area contributed by atoms with Crippen molar-refractivity contribution in [1.29, 1.82) is 0 Å². The van der Waals surface area contributed by atoms with Crippen LogP contribution in [0.4, 0.5) is 16.3 Å². The Labute approximate surface area is 135 Å². The van der Waals surface area contributed by atoms with E-state index in [0.717, 1.165) is 12.5 Å². The first-order valence-corrected chi connectivity index (χ1v) is 10.1. The second-order valence-corrected chi connectivity index (χ2v) is 9.61. The molecule has 1 N–H and O–H groups in total. The SMILES string of the molecule is CC(C)(C)OC(=O)Nc1ncccc1N(S(C)(=O)=O)S(C)(=O)=O. The molecule has 0 unspecified atom stereocenters. The molecule has 0 saturated carbocycles. The van der Waals surface area contributed by atoms with E-state index in [4.69, 9.17) is 4.74 Å². The summed E-state index contributed by atoms with van der Waals surface area (Å²) < 4.78 is 52.5. The molecule has 9 nitrogen and oxygen atoms in total. The highest BCUT2D eigenvalue weighted by Crippen LogP contribution is 2.28. The van der Waals surface area contributed by atoms with Crippen LogP contribution in [0.3, 0.4) is 0 Å². The molecule has 0 radical (unpaired) electrons. The quantitative estimate of drug-likeness (QED) is 0.849. The van der Waals surface area contributed by atoms with Gasteiger partial charge in [-0.15, -0.1) is 0 Å². The predicted octanol–water partition coefficient (Wildman–Crippen LogP) is 1.15. The molecule has 1 aromatic rings. The largest absolute Gasteiger partial charge is 0.444 e. The van der Waals surface area contributed by atoms with Crippen LogP contribution in [0.25, 0.3) is 0 Å². The monoisotopic (exact) mass is 365 g/mol. The Kier molecular flexibility index (Phi) is 5.27. The number of sulfonamides is 2. The second-order valence-electron chi connectivity index (χ2n) is 5.72. The molecular weight excluding hydrogens is 346 g/mol. The molecule has 11 heteroatoms. The summed E-state index contributed by atoms with van der Waals surface area (Å²) in [5.74, 6) is -0.252. The van der Waals surface area contributed by atoms with Gasteiger partial charge in [0, 0.05) is 6.20 Å². The molecule has 1 amide bonds. The summed E-state index contributed by atoms with van der Waals surface area (Å²) in [6.07, 6.45) is 1.86. The standard InChI is InChI=1S/C12H19N3O6S2/c1-12(2,3)21-11(16)14-10-9(7-6-8-13-10)15(22(4,17)18)23(5,19)20/h6-8H,1-5H3,(H,13,14,16). The molecular formula is C12H19N3O6S2. The lowest BCUT2D eigenvalue weighted by atomic mass is 10.2. The van der Waals surface area contributed by atoms with Gasteiger partial charge in [0.15, 0.2) is 5.82 Å². The molecule has 0 saturated heterocycles. The minimum absolute atomic E-state index is 0.194. The van der Waals surface area contributed by atoms with E-state index >= 15 is 0 Å². The Bertz CT molecular complexity index is 764. The first-order valence-electron chi connectivity index (χ1n) is 6.37. The maximum Gasteiger partial charge on any atom is 0.413 e. The lowest BCUT2D eigenvalue weighted by Crippen LogP contribution is -2.36. The van der Waals surface area contributed by atoms with E-state index in [-0.39, 0.29) is 15.2 Å². The zero-order valence-electron chi connectivity index (χ0n) is 13.4. The molecule has 0 spiro atoms. The normalized spacial score (nSPS) is 12.6. The summed E-state index contributed by atoms with van der Waals surface area (Å²) in [6.45, 7) is 4.93. The van der Waals surface area contributed by atoms with E-state index in [0.29, 0.717) is 0 Å². The van der Waals surface area contributed by atoms with E-state index in [9.17, 15) is 21.6 Å². The first kappa shape index (κ1) is 19.2. The molecule has 0 aliphatic heterocycles. The van der Waals surface area contributed by atoms with Crippen LogP contribution in [0.15, 0.2) is 18.3 Å². The summed E-state index contributed by atoms with van der Waals surface area (Å²) >= 11 is 0. The van der Waals surface area contributed by atoms with Gasteiger partial charge in [-0.3, -0.25) is 5.32 Å². The molecule has 0 bridgehead atoms. The minimum Gasteiger partial charge on any atom is -0.444 e. The number of nitrogens with one attached hydrogen (secondary N) is 1. The van der Waals surface area contributed by atoms with Crippen LogP contribution in [-0.4, -0.2) is 46.0 Å². The summed E-state index contributed by atoms with van der Waals surface area (Å²) in [6, 6.07) is 2.56. The highest BCUT2D eigenvalue weighted by atomic mass is 32.3. The average Bonchev–Trinajstić information content (AvgIpc) is 2.25. The average molecular weight is 365 g/mol. The Morgan fingerprint density at radius 1 is 1.17 bits per heavy atom. The van der Waals surface area contributed by atoms with Gasteiger partial charge in [-0.25, -0.2) is 26.6 Å². The highest BCUT2D eigenvalue weighted by molar-refractivity contribution is 8.09. The zero-order chi connectivity index (χ0) is 18.1. The fourth-order valence-corrected chi connectivity index (χ4v) is 4.62. The molecule has 130 valence electrons. The van der Waals surface area contributed by atoms with Crippen LogP contribution in [0.2, 0.25) is 0 Å². The van der Waals surface area contributed by atoms with Gasteiger partial charge in [0.1, 0.15) is 11.3 Å². The van der Waals surface area contributed by atoms with Crippen molar-refractivity contribution in [3.05, 3.63) is 18.3 Å². The molecule has 0 aliphatic carbocycles. The van der Waals surface area contributed by atoms with Crippen LogP contribution in [-0.2, 0) is 24.8 Å². The summed E-state index contributed by atoms with van der Waals surface area (Å²) in [4.78, 5) is 15.6. The van der Waals surface area contributed by atoms with Crippen molar-refractivity contribution < 1.29 is 26.4 Å². The zero-order valence-corrected chi connectivity index (χ0v) is 15.0. The molecule has 1 rings (SSSR count). The molecule has 0 atom stereocenters. The van der Waals surface area contributed by atoms with Crippen LogP contribution in [0.1, 0.15) is 20.8 Å². The maximum atomic E-state index is 11.8. The van der Waals surface area contributed by atoms with Gasteiger partial charge in [-0.05, 0) is 32.9 Å². The number of ether oxygens (including phenoxy) is 1. The smallest absolute Gasteiger partial charge is 0.413 e. The number of hydrogen-bond acceptors (Lipinski definition) is 7. The third-order valence-corrected chi connectivity index (χ3v) is 5.43. The van der Waals surface area contributed by atoms with Crippen LogP contribution < -0.4 is 9.03 Å².